The monoisotopic (exact) mass is 152 g/mol. The fraction of sp³-hybridized carbons (Fsp3) is 0.889. The van der Waals surface area contributed by atoms with Crippen LogP contribution in [0, 0.1) is 5.92 Å². The average molecular weight is 152 g/mol. The van der Waals surface area contributed by atoms with Crippen LogP contribution in [-0.2, 0) is 0 Å². The molecule has 2 nitrogen and oxygen atoms in total. The lowest BCUT2D eigenvalue weighted by Gasteiger charge is -2.32. The van der Waals surface area contributed by atoms with Gasteiger partial charge in [0.2, 0.25) is 0 Å². The van der Waals surface area contributed by atoms with Gasteiger partial charge in [0.05, 0.1) is 6.04 Å². The molecule has 2 heterocycles. The highest BCUT2D eigenvalue weighted by Gasteiger charge is 2.28. The molecule has 2 heteroatoms. The van der Waals surface area contributed by atoms with Gasteiger partial charge in [-0.2, -0.15) is 0 Å². The van der Waals surface area contributed by atoms with Crippen LogP contribution in [0.5, 0.6) is 0 Å². The molecule has 0 aromatic rings. The van der Waals surface area contributed by atoms with Crippen molar-refractivity contribution in [2.45, 2.75) is 44.7 Å². The minimum Gasteiger partial charge on any atom is -0.328 e. The molecule has 2 aliphatic heterocycles. The van der Waals surface area contributed by atoms with Crippen molar-refractivity contribution < 1.29 is 0 Å². The standard InChI is InChI=1S/C9H16N2/c1-6-2-7(10)4-9-5-8(3-6)11-9/h6-7,9H,2-5,10H2,1H3/t6-,7+,9+/m0/s1. The Labute approximate surface area is 67.9 Å². The van der Waals surface area contributed by atoms with E-state index in [4.69, 9.17) is 5.73 Å². The quantitative estimate of drug-likeness (QED) is 0.559. The van der Waals surface area contributed by atoms with Gasteiger partial charge in [0.15, 0.2) is 0 Å². The molecule has 3 atom stereocenters. The van der Waals surface area contributed by atoms with Crippen molar-refractivity contribution in [2.24, 2.45) is 16.6 Å². The van der Waals surface area contributed by atoms with Gasteiger partial charge in [0.1, 0.15) is 0 Å². The maximum atomic E-state index is 5.94. The fourth-order valence-corrected chi connectivity index (χ4v) is 2.24. The first-order valence-corrected chi connectivity index (χ1v) is 4.55. The molecule has 0 unspecified atom stereocenters. The number of fused-ring (bicyclic) bond motifs is 4. The maximum absolute atomic E-state index is 5.94. The number of rotatable bonds is 0. The first-order valence-electron chi connectivity index (χ1n) is 4.55. The van der Waals surface area contributed by atoms with Gasteiger partial charge in [0.25, 0.3) is 0 Å². The molecule has 1 saturated carbocycles. The second-order valence-electron chi connectivity index (χ2n) is 4.09. The lowest BCUT2D eigenvalue weighted by Crippen LogP contribution is -2.37. The first-order chi connectivity index (χ1) is 5.24. The van der Waals surface area contributed by atoms with Crippen molar-refractivity contribution in [3.05, 3.63) is 0 Å². The summed E-state index contributed by atoms with van der Waals surface area (Å²) < 4.78 is 0. The van der Waals surface area contributed by atoms with Gasteiger partial charge in [-0.05, 0) is 25.2 Å². The minimum absolute atomic E-state index is 0.403. The van der Waals surface area contributed by atoms with E-state index in [0.29, 0.717) is 12.1 Å². The number of aliphatic imine (C=N–C) groups is 1. The fourth-order valence-electron chi connectivity index (χ4n) is 2.24. The molecule has 3 rings (SSSR count). The van der Waals surface area contributed by atoms with Crippen LogP contribution in [0.2, 0.25) is 0 Å². The van der Waals surface area contributed by atoms with E-state index >= 15 is 0 Å². The summed E-state index contributed by atoms with van der Waals surface area (Å²) in [5.74, 6) is 0.755. The van der Waals surface area contributed by atoms with Crippen molar-refractivity contribution >= 4 is 5.71 Å². The summed E-state index contributed by atoms with van der Waals surface area (Å²) in [6.07, 6.45) is 4.74. The Hall–Kier alpha value is -0.370. The minimum atomic E-state index is 0.403. The smallest absolute Gasteiger partial charge is 0.0565 e. The van der Waals surface area contributed by atoms with Gasteiger partial charge in [0, 0.05) is 18.2 Å². The van der Waals surface area contributed by atoms with E-state index in [1.165, 1.54) is 25.0 Å². The molecule has 0 aromatic heterocycles. The Morgan fingerprint density at radius 1 is 1.36 bits per heavy atom. The molecule has 0 amide bonds. The lowest BCUT2D eigenvalue weighted by atomic mass is 9.83. The number of hydrogen-bond acceptors (Lipinski definition) is 2. The molecular formula is C9H16N2. The Balaban J connectivity index is 2.04. The van der Waals surface area contributed by atoms with Gasteiger partial charge in [-0.15, -0.1) is 0 Å². The molecule has 0 saturated heterocycles. The molecule has 0 aromatic carbocycles. The summed E-state index contributed by atoms with van der Waals surface area (Å²) in [6, 6.07) is 0.994. The third-order valence-electron chi connectivity index (χ3n) is 2.70. The molecule has 0 spiro atoms. The van der Waals surface area contributed by atoms with Crippen LogP contribution in [0.1, 0.15) is 32.6 Å². The Morgan fingerprint density at radius 2 is 2.09 bits per heavy atom. The highest BCUT2D eigenvalue weighted by Crippen LogP contribution is 2.28. The highest BCUT2D eigenvalue weighted by atomic mass is 14.9. The second-order valence-corrected chi connectivity index (χ2v) is 4.09. The molecule has 3 aliphatic rings. The molecule has 11 heavy (non-hydrogen) atoms. The predicted octanol–water partition coefficient (Wildman–Crippen LogP) is 1.35. The van der Waals surface area contributed by atoms with E-state index in [1.54, 1.807) is 0 Å². The normalized spacial score (nSPS) is 43.5. The summed E-state index contributed by atoms with van der Waals surface area (Å²) in [7, 11) is 0. The van der Waals surface area contributed by atoms with E-state index in [-0.39, 0.29) is 0 Å². The molecule has 2 N–H and O–H groups in total. The number of nitrogens with two attached hydrogens (primary N) is 1. The second kappa shape index (κ2) is 2.59. The van der Waals surface area contributed by atoms with Crippen molar-refractivity contribution in [1.82, 2.24) is 0 Å². The van der Waals surface area contributed by atoms with Crippen LogP contribution < -0.4 is 5.73 Å². The Bertz CT molecular complexity index is 186. The lowest BCUT2D eigenvalue weighted by molar-refractivity contribution is 0.389. The van der Waals surface area contributed by atoms with Crippen LogP contribution in [0.4, 0.5) is 0 Å². The molecule has 2 bridgehead atoms. The number of nitrogens with zero attached hydrogens (tertiary/aromatic N) is 1. The molecule has 1 aliphatic carbocycles. The third kappa shape index (κ3) is 1.45. The highest BCUT2D eigenvalue weighted by molar-refractivity contribution is 5.89. The Morgan fingerprint density at radius 3 is 2.82 bits per heavy atom. The van der Waals surface area contributed by atoms with E-state index in [9.17, 15) is 0 Å². The third-order valence-corrected chi connectivity index (χ3v) is 2.70. The summed E-state index contributed by atoms with van der Waals surface area (Å²) in [5, 5.41) is 0. The van der Waals surface area contributed by atoms with Gasteiger partial charge >= 0.3 is 0 Å². The largest absolute Gasteiger partial charge is 0.328 e. The zero-order valence-electron chi connectivity index (χ0n) is 7.09. The predicted molar refractivity (Wildman–Crippen MR) is 46.8 cm³/mol. The van der Waals surface area contributed by atoms with Crippen LogP contribution in [0.15, 0.2) is 4.99 Å². The molecular weight excluding hydrogens is 136 g/mol. The molecule has 62 valence electrons. The van der Waals surface area contributed by atoms with E-state index in [1.807, 2.05) is 0 Å². The molecule has 0 radical (unpaired) electrons. The zero-order chi connectivity index (χ0) is 7.84. The SMILES string of the molecule is C[C@@H]1CC2=N[C@@H](C2)C[C@H](N)C1. The Kier molecular flexibility index (Phi) is 1.72. The van der Waals surface area contributed by atoms with Crippen molar-refractivity contribution in [3.63, 3.8) is 0 Å². The van der Waals surface area contributed by atoms with Gasteiger partial charge in [-0.1, -0.05) is 6.92 Å². The zero-order valence-corrected chi connectivity index (χ0v) is 7.09. The average Bonchev–Trinajstić information content (AvgIpc) is 1.77. The summed E-state index contributed by atoms with van der Waals surface area (Å²) >= 11 is 0. The summed E-state index contributed by atoms with van der Waals surface area (Å²) in [5.41, 5.74) is 7.38. The van der Waals surface area contributed by atoms with E-state index in [0.717, 1.165) is 12.3 Å². The van der Waals surface area contributed by atoms with E-state index < -0.39 is 0 Å². The van der Waals surface area contributed by atoms with E-state index in [2.05, 4.69) is 11.9 Å². The van der Waals surface area contributed by atoms with Crippen LogP contribution in [0.3, 0.4) is 0 Å². The molecule has 1 fully saturated rings. The number of hydrogen-bond donors (Lipinski definition) is 1. The van der Waals surface area contributed by atoms with Crippen molar-refractivity contribution in [1.29, 1.82) is 0 Å². The van der Waals surface area contributed by atoms with Gasteiger partial charge in [-0.25, -0.2) is 0 Å². The summed E-state index contributed by atoms with van der Waals surface area (Å²) in [4.78, 5) is 4.52. The first kappa shape index (κ1) is 7.29. The van der Waals surface area contributed by atoms with Crippen molar-refractivity contribution in [2.75, 3.05) is 0 Å². The summed E-state index contributed by atoms with van der Waals surface area (Å²) in [6.45, 7) is 2.28. The van der Waals surface area contributed by atoms with Gasteiger partial charge in [-0.3, -0.25) is 4.99 Å². The maximum Gasteiger partial charge on any atom is 0.0565 e. The van der Waals surface area contributed by atoms with Crippen LogP contribution >= 0.6 is 0 Å². The van der Waals surface area contributed by atoms with Gasteiger partial charge < -0.3 is 5.73 Å². The van der Waals surface area contributed by atoms with Crippen LogP contribution in [-0.4, -0.2) is 17.8 Å². The topological polar surface area (TPSA) is 38.4 Å². The van der Waals surface area contributed by atoms with Crippen molar-refractivity contribution in [3.8, 4) is 0 Å². The van der Waals surface area contributed by atoms with Crippen LogP contribution in [0.25, 0.3) is 0 Å².